The van der Waals surface area contributed by atoms with Crippen LogP contribution in [0.4, 0.5) is 0 Å². The Balaban J connectivity index is 1.66. The Hall–Kier alpha value is -0.0800. The van der Waals surface area contributed by atoms with E-state index < -0.39 is 12.2 Å². The molecule has 0 spiro atoms. The van der Waals surface area contributed by atoms with Crippen LogP contribution in [0.1, 0.15) is 78.6 Å². The van der Waals surface area contributed by atoms with Gasteiger partial charge in [-0.1, -0.05) is 27.2 Å². The number of rotatable bonds is 1. The lowest BCUT2D eigenvalue weighted by Gasteiger charge is -2.62. The van der Waals surface area contributed by atoms with Crippen LogP contribution in [0.5, 0.6) is 0 Å². The summed E-state index contributed by atoms with van der Waals surface area (Å²) in [6, 6.07) is 0. The molecule has 0 bridgehead atoms. The maximum atomic E-state index is 10.9. The van der Waals surface area contributed by atoms with Gasteiger partial charge in [0, 0.05) is 5.41 Å². The molecule has 0 heterocycles. The summed E-state index contributed by atoms with van der Waals surface area (Å²) in [6.07, 6.45) is 10.4. The third-order valence-electron chi connectivity index (χ3n) is 9.47. The van der Waals surface area contributed by atoms with Gasteiger partial charge in [0.1, 0.15) is 0 Å². The molecule has 9 atom stereocenters. The fraction of sp³-hybridized carbons (Fsp3) is 1.00. The highest BCUT2D eigenvalue weighted by Gasteiger charge is 2.62. The largest absolute Gasteiger partial charge is 0.390 e. The summed E-state index contributed by atoms with van der Waals surface area (Å²) < 4.78 is 0. The molecule has 2 nitrogen and oxygen atoms in total. The minimum absolute atomic E-state index is 0.0355. The second kappa shape index (κ2) is 5.46. The molecule has 2 heteroatoms. The molecule has 4 aliphatic rings. The lowest BCUT2D eigenvalue weighted by atomic mass is 9.44. The Labute approximate surface area is 142 Å². The van der Waals surface area contributed by atoms with E-state index in [-0.39, 0.29) is 5.41 Å². The smallest absolute Gasteiger partial charge is 0.0857 e. The molecule has 0 saturated heterocycles. The molecule has 0 aromatic carbocycles. The monoisotopic (exact) mass is 320 g/mol. The van der Waals surface area contributed by atoms with Crippen LogP contribution in [0.15, 0.2) is 0 Å². The van der Waals surface area contributed by atoms with Crippen molar-refractivity contribution in [3.8, 4) is 0 Å². The summed E-state index contributed by atoms with van der Waals surface area (Å²) in [5, 5.41) is 21.3. The summed E-state index contributed by atoms with van der Waals surface area (Å²) >= 11 is 0. The molecule has 0 aromatic heterocycles. The van der Waals surface area contributed by atoms with Gasteiger partial charge in [0.15, 0.2) is 0 Å². The average Bonchev–Trinajstić information content (AvgIpc) is 2.88. The second-order valence-electron chi connectivity index (χ2n) is 9.83. The van der Waals surface area contributed by atoms with Crippen LogP contribution in [-0.2, 0) is 0 Å². The van der Waals surface area contributed by atoms with Crippen LogP contribution in [0, 0.1) is 40.4 Å². The van der Waals surface area contributed by atoms with E-state index in [0.717, 1.165) is 30.6 Å². The highest BCUT2D eigenvalue weighted by molar-refractivity contribution is 5.11. The molecular formula is C21H36O2. The van der Waals surface area contributed by atoms with Crippen LogP contribution in [-0.4, -0.2) is 22.4 Å². The van der Waals surface area contributed by atoms with Crippen molar-refractivity contribution in [2.75, 3.05) is 0 Å². The number of aliphatic hydroxyl groups excluding tert-OH is 2. The molecule has 4 saturated carbocycles. The van der Waals surface area contributed by atoms with E-state index in [1.807, 2.05) is 0 Å². The van der Waals surface area contributed by atoms with Gasteiger partial charge in [0.2, 0.25) is 0 Å². The third kappa shape index (κ3) is 2.06. The Morgan fingerprint density at radius 3 is 2.35 bits per heavy atom. The van der Waals surface area contributed by atoms with Crippen molar-refractivity contribution < 1.29 is 10.2 Å². The molecule has 0 aromatic rings. The zero-order valence-corrected chi connectivity index (χ0v) is 15.3. The van der Waals surface area contributed by atoms with Crippen molar-refractivity contribution in [3.05, 3.63) is 0 Å². The molecule has 2 N–H and O–H groups in total. The summed E-state index contributed by atoms with van der Waals surface area (Å²) in [5.41, 5.74) is 0.517. The van der Waals surface area contributed by atoms with Gasteiger partial charge in [-0.25, -0.2) is 0 Å². The Morgan fingerprint density at radius 2 is 1.61 bits per heavy atom. The van der Waals surface area contributed by atoms with Gasteiger partial charge < -0.3 is 10.2 Å². The van der Waals surface area contributed by atoms with Crippen molar-refractivity contribution in [2.24, 2.45) is 40.4 Å². The van der Waals surface area contributed by atoms with E-state index in [2.05, 4.69) is 20.8 Å². The van der Waals surface area contributed by atoms with Crippen molar-refractivity contribution in [3.63, 3.8) is 0 Å². The quantitative estimate of drug-likeness (QED) is 0.752. The lowest BCUT2D eigenvalue weighted by molar-refractivity contribution is -0.195. The summed E-state index contributed by atoms with van der Waals surface area (Å²) in [7, 11) is 0. The molecule has 0 amide bonds. The van der Waals surface area contributed by atoms with Crippen LogP contribution in [0.3, 0.4) is 0 Å². The van der Waals surface area contributed by atoms with Gasteiger partial charge in [0.05, 0.1) is 12.2 Å². The first-order chi connectivity index (χ1) is 10.9. The van der Waals surface area contributed by atoms with E-state index in [0.29, 0.717) is 17.3 Å². The molecular weight excluding hydrogens is 284 g/mol. The zero-order chi connectivity index (χ0) is 16.4. The predicted octanol–water partition coefficient (Wildman–Crippen LogP) is 4.39. The molecule has 4 rings (SSSR count). The molecule has 132 valence electrons. The molecule has 4 fully saturated rings. The van der Waals surface area contributed by atoms with E-state index in [9.17, 15) is 10.2 Å². The van der Waals surface area contributed by atoms with Gasteiger partial charge in [-0.05, 0) is 86.4 Å². The number of fused-ring (bicyclic) bond motifs is 5. The highest BCUT2D eigenvalue weighted by atomic mass is 16.3. The lowest BCUT2D eigenvalue weighted by Crippen LogP contribution is -2.60. The van der Waals surface area contributed by atoms with Crippen molar-refractivity contribution in [1.29, 1.82) is 0 Å². The average molecular weight is 321 g/mol. The van der Waals surface area contributed by atoms with Crippen LogP contribution >= 0.6 is 0 Å². The van der Waals surface area contributed by atoms with Gasteiger partial charge in [-0.15, -0.1) is 0 Å². The molecule has 0 aliphatic heterocycles. The number of hydrogen-bond acceptors (Lipinski definition) is 2. The second-order valence-corrected chi connectivity index (χ2v) is 9.83. The number of hydrogen-bond donors (Lipinski definition) is 2. The highest BCUT2D eigenvalue weighted by Crippen LogP contribution is 2.67. The first kappa shape index (κ1) is 16.4. The van der Waals surface area contributed by atoms with E-state index in [1.54, 1.807) is 0 Å². The minimum atomic E-state index is -0.498. The van der Waals surface area contributed by atoms with Gasteiger partial charge >= 0.3 is 0 Å². The Bertz CT molecular complexity index is 459. The summed E-state index contributed by atoms with van der Waals surface area (Å²) in [5.74, 6) is 3.86. The maximum Gasteiger partial charge on any atom is 0.0857 e. The maximum absolute atomic E-state index is 10.9. The van der Waals surface area contributed by atoms with Crippen LogP contribution < -0.4 is 0 Å². The topological polar surface area (TPSA) is 40.5 Å². The van der Waals surface area contributed by atoms with E-state index in [1.165, 1.54) is 44.9 Å². The molecule has 4 aliphatic carbocycles. The summed E-state index contributed by atoms with van der Waals surface area (Å²) in [6.45, 7) is 7.29. The third-order valence-corrected chi connectivity index (χ3v) is 9.47. The first-order valence-corrected chi connectivity index (χ1v) is 10.3. The van der Waals surface area contributed by atoms with Crippen LogP contribution in [0.25, 0.3) is 0 Å². The van der Waals surface area contributed by atoms with Crippen molar-refractivity contribution in [1.82, 2.24) is 0 Å². The van der Waals surface area contributed by atoms with Gasteiger partial charge in [-0.3, -0.25) is 0 Å². The fourth-order valence-electron chi connectivity index (χ4n) is 8.11. The first-order valence-electron chi connectivity index (χ1n) is 10.3. The SMILES string of the molecule is CC[C@H]1CC[C@H]2[C@@H]3CCC4CCC(O)C(O)[C@]4(C)[C@H]3CC[C@]12C. The predicted molar refractivity (Wildman–Crippen MR) is 92.9 cm³/mol. The molecule has 23 heavy (non-hydrogen) atoms. The molecule has 3 unspecified atom stereocenters. The Kier molecular flexibility index (Phi) is 3.89. The van der Waals surface area contributed by atoms with Gasteiger partial charge in [0.25, 0.3) is 0 Å². The van der Waals surface area contributed by atoms with Gasteiger partial charge in [-0.2, -0.15) is 0 Å². The fourth-order valence-corrected chi connectivity index (χ4v) is 8.11. The normalized spacial score (nSPS) is 59.1. The standard InChI is InChI=1S/C21H36O2/c1-4-13-6-9-16-15-8-5-14-7-10-18(22)19(23)21(14,3)17(15)11-12-20(13,16)2/h13-19,22-23H,4-12H2,1-3H3/t13-,14?,15-,16-,17-,18?,19?,20+,21-/m0/s1. The van der Waals surface area contributed by atoms with E-state index >= 15 is 0 Å². The minimum Gasteiger partial charge on any atom is -0.390 e. The number of aliphatic hydroxyl groups is 2. The molecule has 0 radical (unpaired) electrons. The van der Waals surface area contributed by atoms with Crippen molar-refractivity contribution >= 4 is 0 Å². The van der Waals surface area contributed by atoms with E-state index in [4.69, 9.17) is 0 Å². The Morgan fingerprint density at radius 1 is 0.870 bits per heavy atom. The van der Waals surface area contributed by atoms with Crippen molar-refractivity contribution in [2.45, 2.75) is 90.8 Å². The summed E-state index contributed by atoms with van der Waals surface area (Å²) in [4.78, 5) is 0. The van der Waals surface area contributed by atoms with Crippen LogP contribution in [0.2, 0.25) is 0 Å². The zero-order valence-electron chi connectivity index (χ0n) is 15.3.